The number of anilines is 3. The molecule has 1 aromatic carbocycles. The first-order valence-corrected chi connectivity index (χ1v) is 5.83. The van der Waals surface area contributed by atoms with E-state index in [-0.39, 0.29) is 11.7 Å². The minimum absolute atomic E-state index is 0.269. The number of nitrogens with zero attached hydrogens (tertiary/aromatic N) is 2. The van der Waals surface area contributed by atoms with Crippen LogP contribution in [-0.4, -0.2) is 9.78 Å². The number of aromatic nitrogens is 2. The van der Waals surface area contributed by atoms with E-state index in [9.17, 15) is 4.39 Å². The second-order valence-corrected chi connectivity index (χ2v) is 4.62. The van der Waals surface area contributed by atoms with Crippen LogP contribution >= 0.6 is 0 Å². The Kier molecular flexibility index (Phi) is 3.23. The highest BCUT2D eigenvalue weighted by molar-refractivity contribution is 5.64. The van der Waals surface area contributed by atoms with Crippen LogP contribution in [0.25, 0.3) is 0 Å². The third-order valence-electron chi connectivity index (χ3n) is 2.67. The molecule has 3 N–H and O–H groups in total. The van der Waals surface area contributed by atoms with Crippen molar-refractivity contribution in [2.75, 3.05) is 11.1 Å². The molecule has 0 amide bonds. The number of benzene rings is 1. The molecular weight excluding hydrogens is 231 g/mol. The van der Waals surface area contributed by atoms with E-state index in [2.05, 4.69) is 10.4 Å². The average molecular weight is 248 g/mol. The summed E-state index contributed by atoms with van der Waals surface area (Å²) in [5, 5.41) is 7.42. The zero-order valence-electron chi connectivity index (χ0n) is 10.7. The van der Waals surface area contributed by atoms with Gasteiger partial charge >= 0.3 is 0 Å². The predicted octanol–water partition coefficient (Wildman–Crippen LogP) is 3.01. The molecule has 0 aliphatic rings. The van der Waals surface area contributed by atoms with Crippen molar-refractivity contribution in [2.24, 2.45) is 7.05 Å². The molecule has 0 saturated heterocycles. The van der Waals surface area contributed by atoms with Gasteiger partial charge in [-0.1, -0.05) is 13.8 Å². The van der Waals surface area contributed by atoms with Gasteiger partial charge in [0.15, 0.2) is 0 Å². The zero-order chi connectivity index (χ0) is 13.3. The lowest BCUT2D eigenvalue weighted by Crippen LogP contribution is -1.99. The van der Waals surface area contributed by atoms with Crippen molar-refractivity contribution in [3.05, 3.63) is 35.9 Å². The summed E-state index contributed by atoms with van der Waals surface area (Å²) in [4.78, 5) is 0. The van der Waals surface area contributed by atoms with E-state index < -0.39 is 0 Å². The molecule has 0 aliphatic carbocycles. The number of halogens is 1. The predicted molar refractivity (Wildman–Crippen MR) is 71.4 cm³/mol. The largest absolute Gasteiger partial charge is 0.399 e. The van der Waals surface area contributed by atoms with Crippen molar-refractivity contribution in [2.45, 2.75) is 19.8 Å². The van der Waals surface area contributed by atoms with Gasteiger partial charge in [0.2, 0.25) is 0 Å². The lowest BCUT2D eigenvalue weighted by atomic mass is 10.1. The Morgan fingerprint density at radius 2 is 2.06 bits per heavy atom. The van der Waals surface area contributed by atoms with Crippen molar-refractivity contribution >= 4 is 17.1 Å². The summed E-state index contributed by atoms with van der Waals surface area (Å²) in [6, 6.07) is 4.59. The molecule has 1 heterocycles. The number of nitrogens with two attached hydrogens (primary N) is 1. The number of hydrogen-bond acceptors (Lipinski definition) is 3. The van der Waals surface area contributed by atoms with E-state index in [1.807, 2.05) is 27.1 Å². The maximum absolute atomic E-state index is 13.7. The molecular formula is C13H17FN4. The van der Waals surface area contributed by atoms with Crippen molar-refractivity contribution in [3.8, 4) is 0 Å². The monoisotopic (exact) mass is 248 g/mol. The molecule has 0 radical (unpaired) electrons. The van der Waals surface area contributed by atoms with Crippen LogP contribution < -0.4 is 11.1 Å². The van der Waals surface area contributed by atoms with Gasteiger partial charge in [0.25, 0.3) is 0 Å². The molecule has 1 aromatic heterocycles. The maximum Gasteiger partial charge on any atom is 0.148 e. The van der Waals surface area contributed by atoms with Crippen LogP contribution in [0.3, 0.4) is 0 Å². The molecule has 2 rings (SSSR count). The topological polar surface area (TPSA) is 55.9 Å². The second kappa shape index (κ2) is 4.68. The van der Waals surface area contributed by atoms with Gasteiger partial charge in [-0.3, -0.25) is 4.68 Å². The first-order valence-electron chi connectivity index (χ1n) is 5.83. The number of nitrogen functional groups attached to an aromatic ring is 1. The summed E-state index contributed by atoms with van der Waals surface area (Å²) in [7, 11) is 1.84. The Morgan fingerprint density at radius 3 is 2.67 bits per heavy atom. The molecule has 96 valence electrons. The van der Waals surface area contributed by atoms with Crippen molar-refractivity contribution < 1.29 is 4.39 Å². The van der Waals surface area contributed by atoms with Gasteiger partial charge in [-0.2, -0.15) is 5.10 Å². The van der Waals surface area contributed by atoms with Gasteiger partial charge in [-0.15, -0.1) is 0 Å². The molecule has 0 fully saturated rings. The molecule has 4 nitrogen and oxygen atoms in total. The first-order chi connectivity index (χ1) is 8.47. The van der Waals surface area contributed by atoms with Gasteiger partial charge in [-0.05, 0) is 24.1 Å². The van der Waals surface area contributed by atoms with E-state index in [1.165, 1.54) is 6.07 Å². The number of nitrogens with one attached hydrogen (secondary N) is 1. The Labute approximate surface area is 106 Å². The molecule has 2 aromatic rings. The Morgan fingerprint density at radius 1 is 1.33 bits per heavy atom. The van der Waals surface area contributed by atoms with Crippen LogP contribution in [0.5, 0.6) is 0 Å². The Bertz CT molecular complexity index is 560. The van der Waals surface area contributed by atoms with Gasteiger partial charge in [0, 0.05) is 18.9 Å². The molecule has 0 bridgehead atoms. The smallest absolute Gasteiger partial charge is 0.148 e. The van der Waals surface area contributed by atoms with Crippen LogP contribution in [0.1, 0.15) is 25.5 Å². The zero-order valence-corrected chi connectivity index (χ0v) is 10.7. The van der Waals surface area contributed by atoms with Gasteiger partial charge in [0.05, 0.1) is 17.1 Å². The summed E-state index contributed by atoms with van der Waals surface area (Å²) in [6.07, 6.45) is 1.84. The van der Waals surface area contributed by atoms with Crippen LogP contribution in [-0.2, 0) is 7.05 Å². The summed E-state index contributed by atoms with van der Waals surface area (Å²) in [6.45, 7) is 4.10. The fourth-order valence-electron chi connectivity index (χ4n) is 1.81. The number of aryl methyl sites for hydroxylation is 1. The molecule has 0 unspecified atom stereocenters. The normalized spacial score (nSPS) is 10.9. The lowest BCUT2D eigenvalue weighted by molar-refractivity contribution is 0.632. The summed E-state index contributed by atoms with van der Waals surface area (Å²) in [5.74, 6) is -0.0981. The Hall–Kier alpha value is -2.04. The van der Waals surface area contributed by atoms with E-state index in [0.717, 1.165) is 11.4 Å². The fraction of sp³-hybridized carbons (Fsp3) is 0.308. The standard InChI is InChI=1S/C13H17FN4/c1-8(2)13-12(7-18(3)17-13)16-11-5-4-9(15)6-10(11)14/h4-8,16H,15H2,1-3H3. The van der Waals surface area contributed by atoms with E-state index in [4.69, 9.17) is 5.73 Å². The van der Waals surface area contributed by atoms with Gasteiger partial charge in [-0.25, -0.2) is 4.39 Å². The summed E-state index contributed by atoms with van der Waals surface area (Å²) in [5.41, 5.74) is 8.06. The van der Waals surface area contributed by atoms with E-state index in [0.29, 0.717) is 11.4 Å². The quantitative estimate of drug-likeness (QED) is 0.821. The van der Waals surface area contributed by atoms with Crippen molar-refractivity contribution in [3.63, 3.8) is 0 Å². The van der Waals surface area contributed by atoms with Crippen LogP contribution in [0.4, 0.5) is 21.5 Å². The maximum atomic E-state index is 13.7. The first kappa shape index (κ1) is 12.4. The highest BCUT2D eigenvalue weighted by Gasteiger charge is 2.13. The molecule has 0 aliphatic heterocycles. The Balaban J connectivity index is 2.33. The fourth-order valence-corrected chi connectivity index (χ4v) is 1.81. The highest BCUT2D eigenvalue weighted by Crippen LogP contribution is 2.27. The van der Waals surface area contributed by atoms with Gasteiger partial charge in [0.1, 0.15) is 5.82 Å². The third-order valence-corrected chi connectivity index (χ3v) is 2.67. The van der Waals surface area contributed by atoms with Crippen molar-refractivity contribution in [1.29, 1.82) is 0 Å². The molecule has 18 heavy (non-hydrogen) atoms. The van der Waals surface area contributed by atoms with Crippen molar-refractivity contribution in [1.82, 2.24) is 9.78 Å². The SMILES string of the molecule is CC(C)c1nn(C)cc1Nc1ccc(N)cc1F. The molecule has 0 atom stereocenters. The minimum Gasteiger partial charge on any atom is -0.399 e. The second-order valence-electron chi connectivity index (χ2n) is 4.62. The van der Waals surface area contributed by atoms with Crippen LogP contribution in [0.15, 0.2) is 24.4 Å². The van der Waals surface area contributed by atoms with Gasteiger partial charge < -0.3 is 11.1 Å². The number of rotatable bonds is 3. The average Bonchev–Trinajstić information content (AvgIpc) is 2.64. The minimum atomic E-state index is -0.367. The lowest BCUT2D eigenvalue weighted by Gasteiger charge is -2.09. The van der Waals surface area contributed by atoms with Crippen LogP contribution in [0.2, 0.25) is 0 Å². The van der Waals surface area contributed by atoms with E-state index >= 15 is 0 Å². The molecule has 5 heteroatoms. The molecule has 0 saturated carbocycles. The summed E-state index contributed by atoms with van der Waals surface area (Å²) < 4.78 is 15.4. The third kappa shape index (κ3) is 2.45. The summed E-state index contributed by atoms with van der Waals surface area (Å²) >= 11 is 0. The number of hydrogen-bond donors (Lipinski definition) is 2. The van der Waals surface area contributed by atoms with E-state index in [1.54, 1.807) is 16.8 Å². The highest BCUT2D eigenvalue weighted by atomic mass is 19.1. The molecule has 0 spiro atoms. The van der Waals surface area contributed by atoms with Crippen LogP contribution in [0, 0.1) is 5.82 Å².